The summed E-state index contributed by atoms with van der Waals surface area (Å²) < 4.78 is 33.8. The van der Waals surface area contributed by atoms with E-state index in [0.717, 1.165) is 15.8 Å². The van der Waals surface area contributed by atoms with Gasteiger partial charge in [-0.3, -0.25) is 9.52 Å². The van der Waals surface area contributed by atoms with Crippen LogP contribution < -0.4 is 9.62 Å². The van der Waals surface area contributed by atoms with Crippen molar-refractivity contribution in [3.8, 4) is 0 Å². The fourth-order valence-corrected chi connectivity index (χ4v) is 5.42. The molecule has 2 heterocycles. The van der Waals surface area contributed by atoms with Gasteiger partial charge in [0.1, 0.15) is 0 Å². The van der Waals surface area contributed by atoms with Gasteiger partial charge in [-0.2, -0.15) is 4.37 Å². The number of fused-ring (bicyclic) bond motifs is 1. The number of carbonyl (C=O) groups excluding carboxylic acids is 1. The van der Waals surface area contributed by atoms with Crippen molar-refractivity contribution < 1.29 is 13.2 Å². The van der Waals surface area contributed by atoms with Gasteiger partial charge in [0, 0.05) is 35.0 Å². The Bertz CT molecular complexity index is 1360. The van der Waals surface area contributed by atoms with Crippen LogP contribution in [0.15, 0.2) is 59.6 Å². The van der Waals surface area contributed by atoms with E-state index in [1.807, 2.05) is 6.07 Å². The lowest BCUT2D eigenvalue weighted by atomic mass is 10.1. The van der Waals surface area contributed by atoms with Gasteiger partial charge in [-0.05, 0) is 47.9 Å². The maximum absolute atomic E-state index is 13.1. The second kappa shape index (κ2) is 5.51. The van der Waals surface area contributed by atoms with Gasteiger partial charge in [0.15, 0.2) is 0 Å². The zero-order valence-corrected chi connectivity index (χ0v) is 15.8. The van der Waals surface area contributed by atoms with Crippen molar-refractivity contribution in [3.63, 3.8) is 0 Å². The molecule has 134 valence electrons. The van der Waals surface area contributed by atoms with Gasteiger partial charge < -0.3 is 4.90 Å². The van der Waals surface area contributed by atoms with Gasteiger partial charge in [0.2, 0.25) is 0 Å². The first-order valence-electron chi connectivity index (χ1n) is 8.17. The first kappa shape index (κ1) is 16.2. The number of hydrogen-bond acceptors (Lipinski definition) is 5. The molecule has 1 aliphatic rings. The Morgan fingerprint density at radius 3 is 2.81 bits per heavy atom. The quantitative estimate of drug-likeness (QED) is 0.572. The van der Waals surface area contributed by atoms with Gasteiger partial charge in [-0.25, -0.2) is 8.42 Å². The van der Waals surface area contributed by atoms with Crippen molar-refractivity contribution >= 4 is 59.7 Å². The standard InChI is InChI=1S/C19H13N3O3S2/c1-22-15-7-8-17(13-3-2-4-14(18(13)15)19(22)23)27(24,25)21-12-6-5-11-10-20-26-16(11)9-12/h2-10,21H,1H3. The monoisotopic (exact) mass is 395 g/mol. The second-order valence-corrected chi connectivity index (χ2v) is 8.84. The van der Waals surface area contributed by atoms with Gasteiger partial charge in [0.25, 0.3) is 15.9 Å². The summed E-state index contributed by atoms with van der Waals surface area (Å²) in [4.78, 5) is 14.1. The van der Waals surface area contributed by atoms with Crippen LogP contribution in [0.4, 0.5) is 11.4 Å². The summed E-state index contributed by atoms with van der Waals surface area (Å²) in [5.74, 6) is -0.131. The molecule has 1 amide bonds. The SMILES string of the molecule is CN1C(=O)c2cccc3c(S(=O)(=O)Nc4ccc5cnsc5c4)ccc1c23. The molecular formula is C19H13N3O3S2. The van der Waals surface area contributed by atoms with Crippen molar-refractivity contribution in [1.29, 1.82) is 0 Å². The smallest absolute Gasteiger partial charge is 0.262 e. The Labute approximate surface area is 159 Å². The van der Waals surface area contributed by atoms with Crippen LogP contribution >= 0.6 is 11.5 Å². The predicted octanol–water partition coefficient (Wildman–Crippen LogP) is 3.84. The van der Waals surface area contributed by atoms with Crippen LogP contribution in [0.5, 0.6) is 0 Å². The number of amides is 1. The minimum absolute atomic E-state index is 0.131. The molecule has 0 aliphatic carbocycles. The van der Waals surface area contributed by atoms with E-state index in [1.54, 1.807) is 60.6 Å². The van der Waals surface area contributed by atoms with Crippen LogP contribution in [-0.4, -0.2) is 25.7 Å². The first-order chi connectivity index (χ1) is 13.0. The minimum atomic E-state index is -3.83. The largest absolute Gasteiger partial charge is 0.311 e. The molecule has 0 bridgehead atoms. The Morgan fingerprint density at radius 2 is 1.96 bits per heavy atom. The molecule has 8 heteroatoms. The molecule has 0 unspecified atom stereocenters. The minimum Gasteiger partial charge on any atom is -0.311 e. The van der Waals surface area contributed by atoms with Crippen molar-refractivity contribution in [2.24, 2.45) is 0 Å². The molecule has 3 aromatic carbocycles. The van der Waals surface area contributed by atoms with E-state index in [-0.39, 0.29) is 10.8 Å². The number of anilines is 2. The third kappa shape index (κ3) is 2.34. The van der Waals surface area contributed by atoms with E-state index >= 15 is 0 Å². The highest BCUT2D eigenvalue weighted by atomic mass is 32.2. The average Bonchev–Trinajstić information content (AvgIpc) is 3.21. The van der Waals surface area contributed by atoms with Crippen molar-refractivity contribution in [1.82, 2.24) is 4.37 Å². The molecular weight excluding hydrogens is 382 g/mol. The average molecular weight is 395 g/mol. The van der Waals surface area contributed by atoms with Crippen LogP contribution in [0.3, 0.4) is 0 Å². The fourth-order valence-electron chi connectivity index (χ4n) is 3.48. The molecule has 0 atom stereocenters. The summed E-state index contributed by atoms with van der Waals surface area (Å²) in [6.07, 6.45) is 1.75. The lowest BCUT2D eigenvalue weighted by Crippen LogP contribution is -2.20. The number of sulfonamides is 1. The van der Waals surface area contributed by atoms with E-state index in [9.17, 15) is 13.2 Å². The maximum atomic E-state index is 13.1. The summed E-state index contributed by atoms with van der Waals surface area (Å²) in [6.45, 7) is 0. The third-order valence-electron chi connectivity index (χ3n) is 4.77. The molecule has 0 saturated carbocycles. The van der Waals surface area contributed by atoms with Crippen LogP contribution in [-0.2, 0) is 10.0 Å². The summed E-state index contributed by atoms with van der Waals surface area (Å²) >= 11 is 1.31. The molecule has 1 aliphatic heterocycles. The lowest BCUT2D eigenvalue weighted by molar-refractivity contribution is 0.0999. The van der Waals surface area contributed by atoms with E-state index in [0.29, 0.717) is 22.0 Å². The number of nitrogens with zero attached hydrogens (tertiary/aromatic N) is 2. The van der Waals surface area contributed by atoms with Crippen LogP contribution in [0.25, 0.3) is 20.9 Å². The summed E-state index contributed by atoms with van der Waals surface area (Å²) in [7, 11) is -2.14. The number of benzene rings is 3. The molecule has 0 radical (unpaired) electrons. The number of nitrogens with one attached hydrogen (secondary N) is 1. The number of carbonyl (C=O) groups is 1. The molecule has 1 aromatic heterocycles. The van der Waals surface area contributed by atoms with E-state index < -0.39 is 10.0 Å². The van der Waals surface area contributed by atoms with Gasteiger partial charge in [-0.15, -0.1) is 0 Å². The Kier molecular flexibility index (Phi) is 3.31. The number of hydrogen-bond donors (Lipinski definition) is 1. The van der Waals surface area contributed by atoms with Gasteiger partial charge >= 0.3 is 0 Å². The van der Waals surface area contributed by atoms with Crippen molar-refractivity contribution in [3.05, 3.63) is 60.3 Å². The fraction of sp³-hybridized carbons (Fsp3) is 0.0526. The first-order valence-corrected chi connectivity index (χ1v) is 10.4. The Morgan fingerprint density at radius 1 is 1.11 bits per heavy atom. The Hall–Kier alpha value is -2.97. The number of aromatic nitrogens is 1. The molecule has 5 rings (SSSR count). The van der Waals surface area contributed by atoms with E-state index in [2.05, 4.69) is 9.10 Å². The number of rotatable bonds is 3. The predicted molar refractivity (Wildman–Crippen MR) is 107 cm³/mol. The maximum Gasteiger partial charge on any atom is 0.262 e. The van der Waals surface area contributed by atoms with Gasteiger partial charge in [0.05, 0.1) is 21.0 Å². The normalized spacial score (nSPS) is 13.7. The lowest BCUT2D eigenvalue weighted by Gasteiger charge is -2.13. The topological polar surface area (TPSA) is 79.4 Å². The molecule has 6 nitrogen and oxygen atoms in total. The Balaban J connectivity index is 1.65. The summed E-state index contributed by atoms with van der Waals surface area (Å²) in [6, 6.07) is 13.7. The molecule has 1 N–H and O–H groups in total. The third-order valence-corrected chi connectivity index (χ3v) is 6.97. The van der Waals surface area contributed by atoms with Crippen LogP contribution in [0, 0.1) is 0 Å². The molecule has 27 heavy (non-hydrogen) atoms. The molecule has 0 saturated heterocycles. The van der Waals surface area contributed by atoms with Crippen molar-refractivity contribution in [2.45, 2.75) is 4.90 Å². The summed E-state index contributed by atoms with van der Waals surface area (Å²) in [5, 5.41) is 2.18. The zero-order chi connectivity index (χ0) is 18.8. The van der Waals surface area contributed by atoms with E-state index in [1.165, 1.54) is 11.5 Å². The van der Waals surface area contributed by atoms with Crippen molar-refractivity contribution in [2.75, 3.05) is 16.7 Å². The van der Waals surface area contributed by atoms with Gasteiger partial charge in [-0.1, -0.05) is 12.1 Å². The van der Waals surface area contributed by atoms with E-state index in [4.69, 9.17) is 0 Å². The highest BCUT2D eigenvalue weighted by molar-refractivity contribution is 7.93. The van der Waals surface area contributed by atoms with Crippen LogP contribution in [0.1, 0.15) is 10.4 Å². The van der Waals surface area contributed by atoms with Crippen LogP contribution in [0.2, 0.25) is 0 Å². The molecule has 4 aromatic rings. The highest BCUT2D eigenvalue weighted by Crippen LogP contribution is 2.39. The summed E-state index contributed by atoms with van der Waals surface area (Å²) in [5.41, 5.74) is 1.71. The zero-order valence-electron chi connectivity index (χ0n) is 14.1. The second-order valence-electron chi connectivity index (χ2n) is 6.36. The highest BCUT2D eigenvalue weighted by Gasteiger charge is 2.30. The molecule has 0 fully saturated rings. The molecule has 0 spiro atoms.